The molecule has 0 amide bonds. The van der Waals surface area contributed by atoms with Crippen molar-refractivity contribution >= 4 is 27.9 Å². The number of benzene rings is 3. The van der Waals surface area contributed by atoms with E-state index in [1.54, 1.807) is 18.2 Å². The highest BCUT2D eigenvalue weighted by atomic mass is 32.2. The number of phenolic OH excluding ortho intramolecular Hbond substituents is 1. The SMILES string of the molecule is COc1cc(C=Cc2ccc(O)c(OC)c2NS(=O)(=O)c2cccc(OC(F)(F)F)c2)cc(OC)c1OC. The molecule has 0 unspecified atom stereocenters. The molecule has 9 nitrogen and oxygen atoms in total. The van der Waals surface area contributed by atoms with Crippen LogP contribution in [0.25, 0.3) is 12.2 Å². The lowest BCUT2D eigenvalue weighted by molar-refractivity contribution is -0.274. The Labute approximate surface area is 217 Å². The lowest BCUT2D eigenvalue weighted by Gasteiger charge is -2.16. The third-order valence-corrected chi connectivity index (χ3v) is 6.45. The summed E-state index contributed by atoms with van der Waals surface area (Å²) in [5.74, 6) is -0.143. The summed E-state index contributed by atoms with van der Waals surface area (Å²) in [6, 6.07) is 9.91. The number of aromatic hydroxyl groups is 1. The fourth-order valence-electron chi connectivity index (χ4n) is 3.45. The number of sulfonamides is 1. The van der Waals surface area contributed by atoms with E-state index >= 15 is 0 Å². The quantitative estimate of drug-likeness (QED) is 0.325. The van der Waals surface area contributed by atoms with E-state index in [4.69, 9.17) is 18.9 Å². The molecule has 3 rings (SSSR count). The first-order valence-electron chi connectivity index (χ1n) is 10.7. The number of halogens is 3. The standard InChI is InChI=1S/C25H24F3NO8S/c1-33-20-12-15(13-21(34-2)24(20)36-4)8-9-16-10-11-19(30)23(35-3)22(16)29-38(31,32)18-7-5-6-17(14-18)37-25(26,27)28/h5-14,29-30H,1-4H3. The van der Waals surface area contributed by atoms with Gasteiger partial charge in [0.1, 0.15) is 11.4 Å². The van der Waals surface area contributed by atoms with Crippen LogP contribution in [-0.2, 0) is 10.0 Å². The number of rotatable bonds is 10. The van der Waals surface area contributed by atoms with Crippen LogP contribution in [0.5, 0.6) is 34.5 Å². The smallest absolute Gasteiger partial charge is 0.504 e. The minimum absolute atomic E-state index is 0.154. The van der Waals surface area contributed by atoms with Crippen LogP contribution >= 0.6 is 0 Å². The second kappa shape index (κ2) is 11.4. The predicted molar refractivity (Wildman–Crippen MR) is 134 cm³/mol. The zero-order chi connectivity index (χ0) is 28.1. The lowest BCUT2D eigenvalue weighted by Crippen LogP contribution is -2.18. The third kappa shape index (κ3) is 6.54. The van der Waals surface area contributed by atoms with Crippen molar-refractivity contribution in [2.45, 2.75) is 11.3 Å². The molecule has 0 atom stereocenters. The van der Waals surface area contributed by atoms with Crippen LogP contribution in [0.2, 0.25) is 0 Å². The zero-order valence-corrected chi connectivity index (χ0v) is 21.4. The van der Waals surface area contributed by atoms with Gasteiger partial charge in [0, 0.05) is 11.6 Å². The third-order valence-electron chi connectivity index (χ3n) is 5.10. The molecule has 0 aliphatic heterocycles. The van der Waals surface area contributed by atoms with Crippen molar-refractivity contribution in [3.05, 3.63) is 59.7 Å². The number of ether oxygens (including phenoxy) is 5. The number of hydrogen-bond acceptors (Lipinski definition) is 8. The molecule has 0 aliphatic carbocycles. The van der Waals surface area contributed by atoms with E-state index in [0.29, 0.717) is 22.8 Å². The Morgan fingerprint density at radius 1 is 0.842 bits per heavy atom. The van der Waals surface area contributed by atoms with Gasteiger partial charge in [-0.2, -0.15) is 0 Å². The first-order chi connectivity index (χ1) is 17.9. The van der Waals surface area contributed by atoms with Gasteiger partial charge >= 0.3 is 6.36 Å². The van der Waals surface area contributed by atoms with Crippen molar-refractivity contribution in [3.63, 3.8) is 0 Å². The molecule has 2 N–H and O–H groups in total. The van der Waals surface area contributed by atoms with Gasteiger partial charge < -0.3 is 28.8 Å². The van der Waals surface area contributed by atoms with Crippen molar-refractivity contribution in [1.29, 1.82) is 0 Å². The summed E-state index contributed by atoms with van der Waals surface area (Å²) in [7, 11) is 1.14. The lowest BCUT2D eigenvalue weighted by atomic mass is 10.1. The Balaban J connectivity index is 2.05. The van der Waals surface area contributed by atoms with Crippen molar-refractivity contribution in [3.8, 4) is 34.5 Å². The summed E-state index contributed by atoms with van der Waals surface area (Å²) in [5.41, 5.74) is 0.704. The average Bonchev–Trinajstić information content (AvgIpc) is 2.86. The second-order valence-electron chi connectivity index (χ2n) is 7.50. The summed E-state index contributed by atoms with van der Waals surface area (Å²) >= 11 is 0. The molecule has 204 valence electrons. The number of phenols is 1. The van der Waals surface area contributed by atoms with Gasteiger partial charge in [0.15, 0.2) is 23.0 Å². The fourth-order valence-corrected chi connectivity index (χ4v) is 4.58. The zero-order valence-electron chi connectivity index (χ0n) is 20.6. The summed E-state index contributed by atoms with van der Waals surface area (Å²) < 4.78 is 91.3. The van der Waals surface area contributed by atoms with Crippen LogP contribution in [0, 0.1) is 0 Å². The van der Waals surface area contributed by atoms with Crippen LogP contribution in [0.4, 0.5) is 18.9 Å². The van der Waals surface area contributed by atoms with Crippen LogP contribution in [0.15, 0.2) is 53.4 Å². The monoisotopic (exact) mass is 555 g/mol. The van der Waals surface area contributed by atoms with Crippen molar-refractivity contribution in [1.82, 2.24) is 0 Å². The highest BCUT2D eigenvalue weighted by molar-refractivity contribution is 7.92. The minimum atomic E-state index is -5.00. The Morgan fingerprint density at radius 2 is 1.47 bits per heavy atom. The molecule has 0 saturated carbocycles. The first-order valence-corrected chi connectivity index (χ1v) is 12.2. The van der Waals surface area contributed by atoms with Gasteiger partial charge in [0.2, 0.25) is 5.75 Å². The van der Waals surface area contributed by atoms with Crippen LogP contribution in [0.3, 0.4) is 0 Å². The molecule has 3 aromatic rings. The molecule has 0 bridgehead atoms. The summed E-state index contributed by atoms with van der Waals surface area (Å²) in [4.78, 5) is -0.510. The number of hydrogen-bond donors (Lipinski definition) is 2. The second-order valence-corrected chi connectivity index (χ2v) is 9.18. The van der Waals surface area contributed by atoms with Gasteiger partial charge in [-0.25, -0.2) is 8.42 Å². The maximum Gasteiger partial charge on any atom is 0.573 e. The molecule has 0 fully saturated rings. The van der Waals surface area contributed by atoms with Gasteiger partial charge in [0.25, 0.3) is 10.0 Å². The molecule has 3 aromatic carbocycles. The van der Waals surface area contributed by atoms with Gasteiger partial charge in [-0.1, -0.05) is 18.2 Å². The Kier molecular flexibility index (Phi) is 8.51. The highest BCUT2D eigenvalue weighted by Gasteiger charge is 2.31. The van der Waals surface area contributed by atoms with Gasteiger partial charge in [0.05, 0.1) is 33.3 Å². The van der Waals surface area contributed by atoms with E-state index in [2.05, 4.69) is 9.46 Å². The highest BCUT2D eigenvalue weighted by Crippen LogP contribution is 2.41. The number of anilines is 1. The molecule has 0 spiro atoms. The Morgan fingerprint density at radius 3 is 2.03 bits per heavy atom. The maximum absolute atomic E-state index is 13.1. The number of alkyl halides is 3. The van der Waals surface area contributed by atoms with E-state index in [0.717, 1.165) is 24.3 Å². The molecule has 0 aromatic heterocycles. The summed E-state index contributed by atoms with van der Waals surface area (Å²) in [5, 5.41) is 10.3. The topological polar surface area (TPSA) is 113 Å². The molecule has 0 aliphatic rings. The summed E-state index contributed by atoms with van der Waals surface area (Å²) in [6.45, 7) is 0. The number of methoxy groups -OCH3 is 4. The largest absolute Gasteiger partial charge is 0.573 e. The fraction of sp³-hybridized carbons (Fsp3) is 0.200. The average molecular weight is 556 g/mol. The molecule has 0 heterocycles. The molecule has 38 heavy (non-hydrogen) atoms. The van der Waals surface area contributed by atoms with E-state index in [-0.39, 0.29) is 22.7 Å². The first kappa shape index (κ1) is 28.3. The van der Waals surface area contributed by atoms with E-state index in [1.165, 1.54) is 46.6 Å². The van der Waals surface area contributed by atoms with Crippen molar-refractivity contribution in [2.75, 3.05) is 33.2 Å². The van der Waals surface area contributed by atoms with E-state index in [9.17, 15) is 26.7 Å². The van der Waals surface area contributed by atoms with E-state index in [1.807, 2.05) is 0 Å². The van der Waals surface area contributed by atoms with Crippen LogP contribution < -0.4 is 28.4 Å². The Hall–Kier alpha value is -4.26. The molecule has 13 heteroatoms. The van der Waals surface area contributed by atoms with Gasteiger partial charge in [-0.15, -0.1) is 13.2 Å². The van der Waals surface area contributed by atoms with Crippen LogP contribution in [0.1, 0.15) is 11.1 Å². The molecule has 0 radical (unpaired) electrons. The van der Waals surface area contributed by atoms with Gasteiger partial charge in [-0.05, 0) is 42.0 Å². The Bertz CT molecular complexity index is 1410. The number of nitrogens with one attached hydrogen (secondary N) is 1. The molecule has 0 saturated heterocycles. The predicted octanol–water partition coefficient (Wildman–Crippen LogP) is 5.30. The van der Waals surface area contributed by atoms with Gasteiger partial charge in [-0.3, -0.25) is 4.72 Å². The van der Waals surface area contributed by atoms with E-state index < -0.39 is 27.0 Å². The normalized spacial score (nSPS) is 11.8. The minimum Gasteiger partial charge on any atom is -0.504 e. The van der Waals surface area contributed by atoms with Crippen LogP contribution in [-0.4, -0.2) is 48.3 Å². The van der Waals surface area contributed by atoms with Crippen molar-refractivity contribution in [2.24, 2.45) is 0 Å². The molecular weight excluding hydrogens is 531 g/mol. The maximum atomic E-state index is 13.1. The summed E-state index contributed by atoms with van der Waals surface area (Å²) in [6.07, 6.45) is -1.86. The molecular formula is C25H24F3NO8S. The van der Waals surface area contributed by atoms with Crippen molar-refractivity contribution < 1.29 is 50.4 Å².